The maximum absolute atomic E-state index is 12.8. The zero-order valence-corrected chi connectivity index (χ0v) is 13.6. The predicted octanol–water partition coefficient (Wildman–Crippen LogP) is 2.59. The number of aryl methyl sites for hydroxylation is 1. The molecule has 1 heterocycles. The fraction of sp³-hybridized carbons (Fsp3) is 0.588. The number of rotatable bonds is 4. The number of carbonyl (C=O) groups excluding carboxylic acids is 1. The van der Waals surface area contributed by atoms with Crippen LogP contribution < -0.4 is 5.32 Å². The van der Waals surface area contributed by atoms with E-state index in [1.54, 1.807) is 0 Å². The highest BCUT2D eigenvalue weighted by atomic mass is 16.2. The summed E-state index contributed by atoms with van der Waals surface area (Å²) in [6.07, 6.45) is 2.25. The van der Waals surface area contributed by atoms with Crippen molar-refractivity contribution in [1.82, 2.24) is 9.80 Å². The summed E-state index contributed by atoms with van der Waals surface area (Å²) in [6, 6.07) is 6.32. The Morgan fingerprint density at radius 1 is 1.48 bits per heavy atom. The van der Waals surface area contributed by atoms with Gasteiger partial charge in [-0.05, 0) is 58.0 Å². The molecular weight excluding hydrogens is 262 g/mol. The van der Waals surface area contributed by atoms with Crippen molar-refractivity contribution in [1.29, 1.82) is 0 Å². The van der Waals surface area contributed by atoms with Crippen LogP contribution in [0, 0.1) is 6.92 Å². The third kappa shape index (κ3) is 3.76. The molecule has 2 rings (SSSR count). The third-order valence-corrected chi connectivity index (χ3v) is 4.24. The zero-order valence-electron chi connectivity index (χ0n) is 13.6. The lowest BCUT2D eigenvalue weighted by Gasteiger charge is -2.36. The van der Waals surface area contributed by atoms with Gasteiger partial charge in [0, 0.05) is 31.9 Å². The topological polar surface area (TPSA) is 35.6 Å². The van der Waals surface area contributed by atoms with Gasteiger partial charge in [0.15, 0.2) is 0 Å². The molecule has 4 heteroatoms. The predicted molar refractivity (Wildman–Crippen MR) is 88.0 cm³/mol. The van der Waals surface area contributed by atoms with Crippen LogP contribution in [0.3, 0.4) is 0 Å². The summed E-state index contributed by atoms with van der Waals surface area (Å²) in [7, 11) is 4.06. The van der Waals surface area contributed by atoms with Gasteiger partial charge in [-0.1, -0.05) is 6.07 Å². The van der Waals surface area contributed by atoms with Crippen LogP contribution in [0.2, 0.25) is 0 Å². The molecule has 0 spiro atoms. The van der Waals surface area contributed by atoms with Gasteiger partial charge >= 0.3 is 0 Å². The van der Waals surface area contributed by atoms with Crippen LogP contribution in [0.4, 0.5) is 5.69 Å². The lowest BCUT2D eigenvalue weighted by molar-refractivity contribution is 0.0645. The highest BCUT2D eigenvalue weighted by Crippen LogP contribution is 2.22. The van der Waals surface area contributed by atoms with Gasteiger partial charge in [-0.2, -0.15) is 0 Å². The van der Waals surface area contributed by atoms with E-state index < -0.39 is 0 Å². The Hall–Kier alpha value is -1.55. The Balaban J connectivity index is 2.18. The number of hydrogen-bond acceptors (Lipinski definition) is 3. The first kappa shape index (κ1) is 15.8. The lowest BCUT2D eigenvalue weighted by atomic mass is 10.0. The quantitative estimate of drug-likeness (QED) is 0.925. The number of hydrogen-bond donors (Lipinski definition) is 1. The van der Waals surface area contributed by atoms with E-state index in [4.69, 9.17) is 0 Å². The first-order chi connectivity index (χ1) is 10.0. The average Bonchev–Trinajstić information content (AvgIpc) is 2.46. The van der Waals surface area contributed by atoms with E-state index in [1.165, 1.54) is 5.56 Å². The van der Waals surface area contributed by atoms with E-state index in [0.29, 0.717) is 6.04 Å². The second-order valence-corrected chi connectivity index (χ2v) is 6.05. The highest BCUT2D eigenvalue weighted by molar-refractivity contribution is 5.99. The monoisotopic (exact) mass is 289 g/mol. The maximum Gasteiger partial charge on any atom is 0.255 e. The van der Waals surface area contributed by atoms with Crippen molar-refractivity contribution in [2.24, 2.45) is 0 Å². The van der Waals surface area contributed by atoms with Gasteiger partial charge in [0.1, 0.15) is 0 Å². The summed E-state index contributed by atoms with van der Waals surface area (Å²) < 4.78 is 0. The summed E-state index contributed by atoms with van der Waals surface area (Å²) >= 11 is 0. The van der Waals surface area contributed by atoms with Crippen LogP contribution in [-0.2, 0) is 0 Å². The first-order valence-electron chi connectivity index (χ1n) is 7.83. The van der Waals surface area contributed by atoms with E-state index in [0.717, 1.165) is 43.7 Å². The van der Waals surface area contributed by atoms with E-state index in [9.17, 15) is 4.79 Å². The molecule has 1 aliphatic heterocycles. The van der Waals surface area contributed by atoms with Crippen LogP contribution in [-0.4, -0.2) is 55.5 Å². The van der Waals surface area contributed by atoms with Gasteiger partial charge in [-0.25, -0.2) is 0 Å². The Labute approximate surface area is 128 Å². The molecule has 1 unspecified atom stereocenters. The SMILES string of the molecule is CCNc1cc(C)ccc1C(=O)N(C)C1CCCN(C)C1. The minimum Gasteiger partial charge on any atom is -0.385 e. The minimum absolute atomic E-state index is 0.117. The molecule has 0 bridgehead atoms. The standard InChI is InChI=1S/C17H27N3O/c1-5-18-16-11-13(2)8-9-15(16)17(21)20(4)14-7-6-10-19(3)12-14/h8-9,11,14,18H,5-7,10,12H2,1-4H3. The number of nitrogens with one attached hydrogen (secondary N) is 1. The van der Waals surface area contributed by atoms with Gasteiger partial charge in [0.2, 0.25) is 0 Å². The van der Waals surface area contributed by atoms with Crippen molar-refractivity contribution in [3.8, 4) is 0 Å². The molecule has 1 aliphatic rings. The zero-order chi connectivity index (χ0) is 15.4. The van der Waals surface area contributed by atoms with Gasteiger partial charge in [0.25, 0.3) is 5.91 Å². The van der Waals surface area contributed by atoms with Gasteiger partial charge in [-0.15, -0.1) is 0 Å². The summed E-state index contributed by atoms with van der Waals surface area (Å²) in [6.45, 7) is 7.02. The van der Waals surface area contributed by atoms with Crippen LogP contribution in [0.5, 0.6) is 0 Å². The van der Waals surface area contributed by atoms with Crippen molar-refractivity contribution >= 4 is 11.6 Å². The Kier molecular flexibility index (Phi) is 5.23. The smallest absolute Gasteiger partial charge is 0.255 e. The van der Waals surface area contributed by atoms with Crippen molar-refractivity contribution in [2.45, 2.75) is 32.7 Å². The molecule has 0 aliphatic carbocycles. The molecule has 116 valence electrons. The molecule has 0 radical (unpaired) electrons. The summed E-state index contributed by atoms with van der Waals surface area (Å²) in [4.78, 5) is 17.0. The molecule has 1 saturated heterocycles. The number of amides is 1. The third-order valence-electron chi connectivity index (χ3n) is 4.24. The van der Waals surface area contributed by atoms with E-state index in [1.807, 2.05) is 24.1 Å². The number of carbonyl (C=O) groups is 1. The molecule has 1 aromatic carbocycles. The van der Waals surface area contributed by atoms with Crippen LogP contribution in [0.1, 0.15) is 35.7 Å². The van der Waals surface area contributed by atoms with Crippen LogP contribution in [0.15, 0.2) is 18.2 Å². The number of piperidine rings is 1. The number of likely N-dealkylation sites (N-methyl/N-ethyl adjacent to an activating group) is 2. The Morgan fingerprint density at radius 3 is 2.90 bits per heavy atom. The van der Waals surface area contributed by atoms with E-state index in [2.05, 4.69) is 37.2 Å². The number of benzene rings is 1. The lowest BCUT2D eigenvalue weighted by Crippen LogP contribution is -2.47. The highest BCUT2D eigenvalue weighted by Gasteiger charge is 2.26. The second-order valence-electron chi connectivity index (χ2n) is 6.05. The summed E-state index contributed by atoms with van der Waals surface area (Å²) in [5.41, 5.74) is 2.89. The molecule has 4 nitrogen and oxygen atoms in total. The van der Waals surface area contributed by atoms with E-state index >= 15 is 0 Å². The molecule has 1 aromatic rings. The molecule has 0 saturated carbocycles. The fourth-order valence-corrected chi connectivity index (χ4v) is 2.99. The molecule has 1 fully saturated rings. The fourth-order valence-electron chi connectivity index (χ4n) is 2.99. The summed E-state index contributed by atoms with van der Waals surface area (Å²) in [5.74, 6) is 0.117. The molecule has 1 amide bonds. The van der Waals surface area contributed by atoms with Crippen molar-refractivity contribution in [3.05, 3.63) is 29.3 Å². The van der Waals surface area contributed by atoms with Gasteiger partial charge in [0.05, 0.1) is 5.56 Å². The van der Waals surface area contributed by atoms with Crippen LogP contribution in [0.25, 0.3) is 0 Å². The van der Waals surface area contributed by atoms with Crippen molar-refractivity contribution in [3.63, 3.8) is 0 Å². The Morgan fingerprint density at radius 2 is 2.24 bits per heavy atom. The molecular formula is C17H27N3O. The van der Waals surface area contributed by atoms with E-state index in [-0.39, 0.29) is 5.91 Å². The van der Waals surface area contributed by atoms with Crippen molar-refractivity contribution in [2.75, 3.05) is 39.0 Å². The summed E-state index contributed by atoms with van der Waals surface area (Å²) in [5, 5.41) is 3.31. The van der Waals surface area contributed by atoms with Crippen LogP contribution >= 0.6 is 0 Å². The Bertz CT molecular complexity index is 501. The van der Waals surface area contributed by atoms with Crippen molar-refractivity contribution < 1.29 is 4.79 Å². The first-order valence-corrected chi connectivity index (χ1v) is 7.83. The molecule has 1 N–H and O–H groups in total. The largest absolute Gasteiger partial charge is 0.385 e. The molecule has 0 aromatic heterocycles. The molecule has 1 atom stereocenters. The normalized spacial score (nSPS) is 19.3. The average molecular weight is 289 g/mol. The minimum atomic E-state index is 0.117. The van der Waals surface area contributed by atoms with Gasteiger partial charge in [-0.3, -0.25) is 4.79 Å². The maximum atomic E-state index is 12.8. The number of likely N-dealkylation sites (tertiary alicyclic amines) is 1. The second kappa shape index (κ2) is 6.94. The number of nitrogens with zero attached hydrogens (tertiary/aromatic N) is 2. The molecule has 21 heavy (non-hydrogen) atoms. The van der Waals surface area contributed by atoms with Gasteiger partial charge < -0.3 is 15.1 Å². The number of anilines is 1.